The van der Waals surface area contributed by atoms with E-state index in [0.29, 0.717) is 0 Å². The molecular weight excluding hydrogens is 219 g/mol. The summed E-state index contributed by atoms with van der Waals surface area (Å²) in [5, 5.41) is 5.15. The number of aryl methyl sites for hydroxylation is 1. The van der Waals surface area contributed by atoms with Crippen molar-refractivity contribution < 1.29 is 51.4 Å². The summed E-state index contributed by atoms with van der Waals surface area (Å²) in [7, 11) is 0. The van der Waals surface area contributed by atoms with Gasteiger partial charge in [0.05, 0.1) is 0 Å². The molecule has 0 saturated carbocycles. The Balaban J connectivity index is 0.000000963. The summed E-state index contributed by atoms with van der Waals surface area (Å²) in [4.78, 5) is 0. The molecule has 0 aliphatic heterocycles. The van der Waals surface area contributed by atoms with E-state index in [1.165, 1.54) is 27.1 Å². The Morgan fingerprint density at radius 2 is 1.56 bits per heavy atom. The van der Waals surface area contributed by atoms with Gasteiger partial charge in [-0.2, -0.15) is 24.3 Å². The van der Waals surface area contributed by atoms with E-state index in [1.54, 1.807) is 0 Å². The van der Waals surface area contributed by atoms with E-state index >= 15 is 0 Å². The van der Waals surface area contributed by atoms with E-state index in [1.807, 2.05) is 12.1 Å². The van der Waals surface area contributed by atoms with Crippen molar-refractivity contribution in [3.63, 3.8) is 0 Å². The third kappa shape index (κ3) is 2.24. The Hall–Kier alpha value is -0.184. The molecule has 3 aromatic carbocycles. The van der Waals surface area contributed by atoms with E-state index in [0.717, 1.165) is 0 Å². The molecule has 16 heavy (non-hydrogen) atoms. The van der Waals surface area contributed by atoms with Crippen LogP contribution < -0.4 is 51.4 Å². The van der Waals surface area contributed by atoms with E-state index in [2.05, 4.69) is 49.4 Å². The predicted molar refractivity (Wildman–Crippen MR) is 65.0 cm³/mol. The van der Waals surface area contributed by atoms with Gasteiger partial charge in [0.15, 0.2) is 0 Å². The van der Waals surface area contributed by atoms with Gasteiger partial charge in [-0.1, -0.05) is 29.8 Å². The zero-order valence-electron chi connectivity index (χ0n) is 9.62. The van der Waals surface area contributed by atoms with Gasteiger partial charge >= 0.3 is 51.4 Å². The summed E-state index contributed by atoms with van der Waals surface area (Å²) >= 11 is 0. The summed E-state index contributed by atoms with van der Waals surface area (Å²) in [6.07, 6.45) is 0. The normalized spacial score (nSPS) is 10.3. The van der Waals surface area contributed by atoms with Crippen LogP contribution in [0.4, 0.5) is 0 Å². The molecule has 0 aliphatic rings. The van der Waals surface area contributed by atoms with E-state index in [9.17, 15) is 0 Å². The molecule has 0 aliphatic carbocycles. The number of benzene rings is 3. The van der Waals surface area contributed by atoms with Crippen LogP contribution in [-0.2, 0) is 0 Å². The molecule has 0 unspecified atom stereocenters. The van der Waals surface area contributed by atoms with Crippen molar-refractivity contribution in [2.75, 3.05) is 0 Å². The van der Waals surface area contributed by atoms with Gasteiger partial charge in [-0.25, -0.2) is 0 Å². The Morgan fingerprint density at radius 3 is 2.44 bits per heavy atom. The quantitative estimate of drug-likeness (QED) is 0.308. The monoisotopic (exact) mass is 230 g/mol. The fraction of sp³-hybridized carbons (Fsp3) is 0.0667. The van der Waals surface area contributed by atoms with Crippen molar-refractivity contribution in [3.05, 3.63) is 60.2 Å². The predicted octanol–water partition coefficient (Wildman–Crippen LogP) is 1.11. The smallest absolute Gasteiger partial charge is 0.183 e. The Labute approximate surface area is 138 Å². The van der Waals surface area contributed by atoms with Crippen LogP contribution in [0.15, 0.2) is 48.5 Å². The standard InChI is InChI=1S/C15H11.K/c1-11-6-7-14-9-12-4-2-3-5-13(12)10-15(14)8-11;/h2,4-10H,1H3;/q-1;+1. The topological polar surface area (TPSA) is 0 Å². The third-order valence-corrected chi connectivity index (χ3v) is 2.80. The molecule has 0 atom stereocenters. The van der Waals surface area contributed by atoms with Crippen molar-refractivity contribution >= 4 is 21.5 Å². The molecule has 1 heteroatoms. The summed E-state index contributed by atoms with van der Waals surface area (Å²) in [5.74, 6) is 0. The number of rotatable bonds is 0. The first-order valence-electron chi connectivity index (χ1n) is 5.13. The molecule has 3 rings (SSSR count). The molecule has 0 heterocycles. The largest absolute Gasteiger partial charge is 1.00 e. The van der Waals surface area contributed by atoms with Gasteiger partial charge in [-0.3, -0.25) is 0 Å². The van der Waals surface area contributed by atoms with Gasteiger partial charge in [0.2, 0.25) is 0 Å². The van der Waals surface area contributed by atoms with Crippen molar-refractivity contribution in [3.8, 4) is 0 Å². The Kier molecular flexibility index (Phi) is 3.83. The fourth-order valence-corrected chi connectivity index (χ4v) is 2.00. The molecule has 0 nitrogen and oxygen atoms in total. The maximum atomic E-state index is 3.11. The van der Waals surface area contributed by atoms with Crippen molar-refractivity contribution in [1.29, 1.82) is 0 Å². The molecular formula is C15H11K. The first kappa shape index (κ1) is 12.3. The third-order valence-electron chi connectivity index (χ3n) is 2.80. The van der Waals surface area contributed by atoms with Crippen LogP contribution in [0.5, 0.6) is 0 Å². The maximum Gasteiger partial charge on any atom is 1.00 e. The fourth-order valence-electron chi connectivity index (χ4n) is 2.00. The maximum absolute atomic E-state index is 3.11. The van der Waals surface area contributed by atoms with Crippen LogP contribution >= 0.6 is 0 Å². The second-order valence-electron chi connectivity index (χ2n) is 3.98. The SMILES string of the molecule is Cc1ccc2cc3cc[c-]cc3cc2c1.[K+]. The molecule has 0 N–H and O–H groups in total. The van der Waals surface area contributed by atoms with Crippen LogP contribution in [0, 0.1) is 13.0 Å². The van der Waals surface area contributed by atoms with Crippen LogP contribution in [-0.4, -0.2) is 0 Å². The zero-order valence-corrected chi connectivity index (χ0v) is 12.7. The van der Waals surface area contributed by atoms with E-state index in [-0.39, 0.29) is 51.4 Å². The van der Waals surface area contributed by atoms with Gasteiger partial charge in [0, 0.05) is 0 Å². The first-order chi connectivity index (χ1) is 7.33. The molecule has 0 radical (unpaired) electrons. The van der Waals surface area contributed by atoms with Crippen LogP contribution in [0.2, 0.25) is 0 Å². The van der Waals surface area contributed by atoms with Gasteiger partial charge in [0.1, 0.15) is 0 Å². The number of hydrogen-bond donors (Lipinski definition) is 0. The molecule has 0 bridgehead atoms. The van der Waals surface area contributed by atoms with Crippen molar-refractivity contribution in [2.45, 2.75) is 6.92 Å². The molecule has 0 fully saturated rings. The van der Waals surface area contributed by atoms with Crippen molar-refractivity contribution in [2.24, 2.45) is 0 Å². The van der Waals surface area contributed by atoms with Gasteiger partial charge in [-0.15, -0.1) is 16.8 Å². The summed E-state index contributed by atoms with van der Waals surface area (Å²) in [6.45, 7) is 2.13. The summed E-state index contributed by atoms with van der Waals surface area (Å²) in [5.41, 5.74) is 1.31. The molecule has 0 saturated heterocycles. The average molecular weight is 230 g/mol. The molecule has 0 spiro atoms. The minimum Gasteiger partial charge on any atom is -0.183 e. The average Bonchev–Trinajstić information content (AvgIpc) is 2.26. The van der Waals surface area contributed by atoms with E-state index in [4.69, 9.17) is 0 Å². The van der Waals surface area contributed by atoms with E-state index < -0.39 is 0 Å². The first-order valence-corrected chi connectivity index (χ1v) is 5.13. The Bertz CT molecular complexity index is 641. The van der Waals surface area contributed by atoms with Gasteiger partial charge < -0.3 is 0 Å². The summed E-state index contributed by atoms with van der Waals surface area (Å²) in [6, 6.07) is 20.2. The minimum absolute atomic E-state index is 0. The molecule has 0 aromatic heterocycles. The van der Waals surface area contributed by atoms with Crippen LogP contribution in [0.25, 0.3) is 21.5 Å². The molecule has 0 amide bonds. The molecule has 3 aromatic rings. The second kappa shape index (κ2) is 4.99. The minimum atomic E-state index is 0. The van der Waals surface area contributed by atoms with Gasteiger partial charge in [-0.05, 0) is 17.7 Å². The number of hydrogen-bond acceptors (Lipinski definition) is 0. The van der Waals surface area contributed by atoms with Crippen LogP contribution in [0.1, 0.15) is 5.56 Å². The number of fused-ring (bicyclic) bond motifs is 2. The Morgan fingerprint density at radius 1 is 0.812 bits per heavy atom. The second-order valence-corrected chi connectivity index (χ2v) is 3.98. The molecule has 72 valence electrons. The zero-order chi connectivity index (χ0) is 10.3. The van der Waals surface area contributed by atoms with Crippen molar-refractivity contribution in [1.82, 2.24) is 0 Å². The van der Waals surface area contributed by atoms with Gasteiger partial charge in [0.25, 0.3) is 0 Å². The van der Waals surface area contributed by atoms with Crippen LogP contribution in [0.3, 0.4) is 0 Å². The summed E-state index contributed by atoms with van der Waals surface area (Å²) < 4.78 is 0.